The van der Waals surface area contributed by atoms with Crippen molar-refractivity contribution in [3.8, 4) is 0 Å². The fourth-order valence-corrected chi connectivity index (χ4v) is 3.31. The van der Waals surface area contributed by atoms with Gasteiger partial charge < -0.3 is 10.6 Å². The predicted octanol–water partition coefficient (Wildman–Crippen LogP) is 2.20. The van der Waals surface area contributed by atoms with Gasteiger partial charge in [-0.2, -0.15) is 5.10 Å². The number of carbonyl (C=O) groups is 1. The van der Waals surface area contributed by atoms with Crippen molar-refractivity contribution < 1.29 is 4.79 Å². The molecule has 1 saturated heterocycles. The molecule has 2 N–H and O–H groups in total. The van der Waals surface area contributed by atoms with Crippen molar-refractivity contribution in [2.75, 3.05) is 19.6 Å². The van der Waals surface area contributed by atoms with E-state index in [4.69, 9.17) is 0 Å². The molecular weight excluding hydrogens is 352 g/mol. The number of halogens is 1. The monoisotopic (exact) mass is 378 g/mol. The zero-order valence-electron chi connectivity index (χ0n) is 15.3. The highest BCUT2D eigenvalue weighted by atomic mass is 35.5. The average molecular weight is 379 g/mol. The van der Waals surface area contributed by atoms with Crippen LogP contribution in [0.1, 0.15) is 37.2 Å². The first-order valence-electron chi connectivity index (χ1n) is 9.05. The van der Waals surface area contributed by atoms with Gasteiger partial charge in [-0.1, -0.05) is 32.0 Å². The Kier molecular flexibility index (Phi) is 7.17. The van der Waals surface area contributed by atoms with Crippen LogP contribution in [0.25, 0.3) is 10.8 Å². The summed E-state index contributed by atoms with van der Waals surface area (Å²) in [4.78, 5) is 25.3. The predicted molar refractivity (Wildman–Crippen MR) is 106 cm³/mol. The van der Waals surface area contributed by atoms with Gasteiger partial charge in [-0.15, -0.1) is 12.4 Å². The Morgan fingerprint density at radius 1 is 1.35 bits per heavy atom. The van der Waals surface area contributed by atoms with Gasteiger partial charge >= 0.3 is 0 Å². The highest BCUT2D eigenvalue weighted by Gasteiger charge is 2.18. The Bertz CT molecular complexity index is 813. The number of amides is 1. The summed E-state index contributed by atoms with van der Waals surface area (Å²) in [7, 11) is 0. The number of nitrogens with one attached hydrogen (secondary N) is 2. The van der Waals surface area contributed by atoms with Crippen LogP contribution >= 0.6 is 12.4 Å². The van der Waals surface area contributed by atoms with Crippen LogP contribution in [0, 0.1) is 11.8 Å². The van der Waals surface area contributed by atoms with Crippen molar-refractivity contribution >= 4 is 29.1 Å². The summed E-state index contributed by atoms with van der Waals surface area (Å²) in [5.41, 5.74) is 0.193. The third kappa shape index (κ3) is 4.62. The van der Waals surface area contributed by atoms with Gasteiger partial charge in [0, 0.05) is 18.5 Å². The highest BCUT2D eigenvalue weighted by molar-refractivity contribution is 6.04. The summed E-state index contributed by atoms with van der Waals surface area (Å²) in [6.45, 7) is 7.26. The molecule has 3 rings (SSSR count). The topological polar surface area (TPSA) is 76.0 Å². The Morgan fingerprint density at radius 2 is 2.08 bits per heavy atom. The van der Waals surface area contributed by atoms with E-state index in [1.54, 1.807) is 12.1 Å². The molecule has 142 valence electrons. The van der Waals surface area contributed by atoms with Crippen molar-refractivity contribution in [1.29, 1.82) is 0 Å². The van der Waals surface area contributed by atoms with Crippen LogP contribution in [0.3, 0.4) is 0 Å². The lowest BCUT2D eigenvalue weighted by Gasteiger charge is -2.13. The first-order chi connectivity index (χ1) is 12.1. The molecule has 6 nitrogen and oxygen atoms in total. The van der Waals surface area contributed by atoms with Gasteiger partial charge in [0.25, 0.3) is 11.5 Å². The quantitative estimate of drug-likeness (QED) is 0.808. The van der Waals surface area contributed by atoms with Crippen LogP contribution < -0.4 is 16.2 Å². The maximum Gasteiger partial charge on any atom is 0.274 e. The Hall–Kier alpha value is -1.92. The van der Waals surface area contributed by atoms with Gasteiger partial charge in [0.15, 0.2) is 5.69 Å². The molecule has 1 unspecified atom stereocenters. The van der Waals surface area contributed by atoms with Gasteiger partial charge in [0.05, 0.1) is 5.39 Å². The number of benzene rings is 1. The number of fused-ring (bicyclic) bond motifs is 1. The highest BCUT2D eigenvalue weighted by Crippen LogP contribution is 2.14. The number of aromatic nitrogens is 2. The minimum Gasteiger partial charge on any atom is -0.351 e. The van der Waals surface area contributed by atoms with Crippen LogP contribution in [-0.4, -0.2) is 35.3 Å². The zero-order chi connectivity index (χ0) is 17.8. The minimum atomic E-state index is -0.209. The van der Waals surface area contributed by atoms with E-state index in [1.165, 1.54) is 4.68 Å². The van der Waals surface area contributed by atoms with E-state index >= 15 is 0 Å². The maximum absolute atomic E-state index is 12.7. The van der Waals surface area contributed by atoms with Gasteiger partial charge in [0.2, 0.25) is 0 Å². The standard InChI is InChI=1S/C19H26N4O2.ClH/c1-13(2)12-23-19(25)16-6-4-3-5-15(16)17(22-23)18(24)21-10-8-14-7-9-20-11-14;/h3-6,13-14,20H,7-12H2,1-2H3,(H,21,24);1H. The van der Waals surface area contributed by atoms with E-state index in [2.05, 4.69) is 15.7 Å². The molecule has 26 heavy (non-hydrogen) atoms. The minimum absolute atomic E-state index is 0. The summed E-state index contributed by atoms with van der Waals surface area (Å²) in [6, 6.07) is 7.20. The third-order valence-electron chi connectivity index (χ3n) is 4.62. The van der Waals surface area contributed by atoms with Crippen LogP contribution in [0.2, 0.25) is 0 Å². The number of nitrogens with zero attached hydrogens (tertiary/aromatic N) is 2. The fourth-order valence-electron chi connectivity index (χ4n) is 3.31. The zero-order valence-corrected chi connectivity index (χ0v) is 16.1. The summed E-state index contributed by atoms with van der Waals surface area (Å²) in [5, 5.41) is 11.8. The molecule has 1 aliphatic rings. The Morgan fingerprint density at radius 3 is 2.73 bits per heavy atom. The van der Waals surface area contributed by atoms with E-state index in [0.29, 0.717) is 35.5 Å². The van der Waals surface area contributed by atoms with Crippen molar-refractivity contribution in [3.05, 3.63) is 40.3 Å². The number of hydrogen-bond donors (Lipinski definition) is 2. The summed E-state index contributed by atoms with van der Waals surface area (Å²) < 4.78 is 1.42. The largest absolute Gasteiger partial charge is 0.351 e. The molecule has 0 aliphatic carbocycles. The average Bonchev–Trinajstić information content (AvgIpc) is 3.10. The molecule has 0 bridgehead atoms. The van der Waals surface area contributed by atoms with Gasteiger partial charge in [-0.3, -0.25) is 9.59 Å². The van der Waals surface area contributed by atoms with Crippen molar-refractivity contribution in [3.63, 3.8) is 0 Å². The van der Waals surface area contributed by atoms with Crippen LogP contribution in [0.4, 0.5) is 0 Å². The second-order valence-corrected chi connectivity index (χ2v) is 7.18. The van der Waals surface area contributed by atoms with E-state index in [-0.39, 0.29) is 29.8 Å². The van der Waals surface area contributed by atoms with Gasteiger partial charge in [-0.25, -0.2) is 4.68 Å². The maximum atomic E-state index is 12.7. The van der Waals surface area contributed by atoms with Crippen molar-refractivity contribution in [2.24, 2.45) is 11.8 Å². The van der Waals surface area contributed by atoms with Crippen molar-refractivity contribution in [1.82, 2.24) is 20.4 Å². The first kappa shape index (κ1) is 20.4. The molecule has 1 atom stereocenters. The molecular formula is C19H27ClN4O2. The summed E-state index contributed by atoms with van der Waals surface area (Å²) >= 11 is 0. The Labute approximate surface area is 159 Å². The molecule has 2 aromatic rings. The molecule has 1 fully saturated rings. The lowest BCUT2D eigenvalue weighted by molar-refractivity contribution is 0.0946. The summed E-state index contributed by atoms with van der Waals surface area (Å²) in [5.74, 6) is 0.691. The second kappa shape index (κ2) is 9.14. The van der Waals surface area contributed by atoms with E-state index < -0.39 is 0 Å². The van der Waals surface area contributed by atoms with Gasteiger partial charge in [-0.05, 0) is 43.8 Å². The molecule has 0 radical (unpaired) electrons. The summed E-state index contributed by atoms with van der Waals surface area (Å²) in [6.07, 6.45) is 2.12. The molecule has 7 heteroatoms. The smallest absolute Gasteiger partial charge is 0.274 e. The van der Waals surface area contributed by atoms with E-state index in [1.807, 2.05) is 26.0 Å². The van der Waals surface area contributed by atoms with Crippen LogP contribution in [-0.2, 0) is 6.54 Å². The number of carbonyl (C=O) groups excluding carboxylic acids is 1. The molecule has 0 saturated carbocycles. The molecule has 0 spiro atoms. The van der Waals surface area contributed by atoms with Gasteiger partial charge in [0.1, 0.15) is 0 Å². The molecule has 1 aromatic heterocycles. The number of hydrogen-bond acceptors (Lipinski definition) is 4. The third-order valence-corrected chi connectivity index (χ3v) is 4.62. The molecule has 1 amide bonds. The lowest BCUT2D eigenvalue weighted by Crippen LogP contribution is -2.32. The van der Waals surface area contributed by atoms with Crippen molar-refractivity contribution in [2.45, 2.75) is 33.2 Å². The van der Waals surface area contributed by atoms with Crippen LogP contribution in [0.15, 0.2) is 29.1 Å². The molecule has 2 heterocycles. The van der Waals surface area contributed by atoms with E-state index in [9.17, 15) is 9.59 Å². The fraction of sp³-hybridized carbons (Fsp3) is 0.526. The molecule has 1 aliphatic heterocycles. The lowest BCUT2D eigenvalue weighted by atomic mass is 10.1. The van der Waals surface area contributed by atoms with Crippen LogP contribution in [0.5, 0.6) is 0 Å². The molecule has 1 aromatic carbocycles. The number of rotatable bonds is 6. The SMILES string of the molecule is CC(C)Cn1nc(C(=O)NCCC2CCNC2)c2ccccc2c1=O.Cl. The Balaban J connectivity index is 0.00000243. The first-order valence-corrected chi connectivity index (χ1v) is 9.05. The second-order valence-electron chi connectivity index (χ2n) is 7.18. The normalized spacial score (nSPS) is 16.7. The van der Waals surface area contributed by atoms with E-state index in [0.717, 1.165) is 25.9 Å².